The molecule has 0 radical (unpaired) electrons. The van der Waals surface area contributed by atoms with E-state index in [-0.39, 0.29) is 0 Å². The molecule has 2 bridgehead atoms. The summed E-state index contributed by atoms with van der Waals surface area (Å²) in [4.78, 5) is 0. The van der Waals surface area contributed by atoms with Gasteiger partial charge in [-0.25, -0.2) is 4.39 Å². The molecular weight excluding hydrogens is 371 g/mol. The fraction of sp³-hybridized carbons (Fsp3) is 0.273. The van der Waals surface area contributed by atoms with E-state index in [0.29, 0.717) is 11.1 Å². The number of rotatable bonds is 2. The predicted octanol–water partition coefficient (Wildman–Crippen LogP) is 3.95. The monoisotopic (exact) mass is 386 g/mol. The average molecular weight is 386 g/mol. The molecule has 2 aromatic carbocycles. The van der Waals surface area contributed by atoms with Gasteiger partial charge >= 0.3 is 0 Å². The average Bonchev–Trinajstić information content (AvgIpc) is 2.92. The van der Waals surface area contributed by atoms with Crippen LogP contribution in [-0.4, -0.2) is 11.7 Å². The van der Waals surface area contributed by atoms with E-state index in [1.54, 1.807) is 37.3 Å². The van der Waals surface area contributed by atoms with Gasteiger partial charge in [-0.3, -0.25) is 5.41 Å². The van der Waals surface area contributed by atoms with Crippen molar-refractivity contribution in [1.29, 1.82) is 21.2 Å². The Labute approximate surface area is 166 Å². The number of nitrogens with zero attached hydrogens (tertiary/aromatic N) is 3. The molecule has 2 aliphatic rings. The lowest BCUT2D eigenvalue weighted by Crippen LogP contribution is -2.57. The van der Waals surface area contributed by atoms with Crippen LogP contribution in [0.15, 0.2) is 54.6 Å². The van der Waals surface area contributed by atoms with E-state index < -0.39 is 40.4 Å². The predicted molar refractivity (Wildman–Crippen MR) is 98.3 cm³/mol. The molecule has 4 rings (SSSR count). The van der Waals surface area contributed by atoms with Crippen molar-refractivity contribution in [3.05, 3.63) is 71.5 Å². The zero-order chi connectivity index (χ0) is 20.9. The molecule has 29 heavy (non-hydrogen) atoms. The summed E-state index contributed by atoms with van der Waals surface area (Å²) < 4.78 is 25.4. The van der Waals surface area contributed by atoms with Crippen molar-refractivity contribution in [2.24, 2.45) is 10.8 Å². The molecule has 7 heteroatoms. The van der Waals surface area contributed by atoms with Gasteiger partial charge in [0.15, 0.2) is 5.41 Å². The van der Waals surface area contributed by atoms with Crippen LogP contribution in [0.3, 0.4) is 0 Å². The lowest BCUT2D eigenvalue weighted by atomic mass is 9.52. The van der Waals surface area contributed by atoms with Gasteiger partial charge in [-0.1, -0.05) is 42.5 Å². The third kappa shape index (κ3) is 2.18. The third-order valence-electron chi connectivity index (χ3n) is 5.82. The highest BCUT2D eigenvalue weighted by molar-refractivity contribution is 5.90. The number of nitriles is 3. The largest absolute Gasteiger partial charge is 0.447 e. The Hall–Kier alpha value is -3.73. The minimum absolute atomic E-state index is 0.352. The SMILES string of the molecule is CC12OC(=N)C(C#N)(C1c1ccccc1)C(C#N)(C#N)C(c1ccc(F)cc1)O2. The van der Waals surface area contributed by atoms with Crippen LogP contribution < -0.4 is 0 Å². The fourth-order valence-electron chi connectivity index (χ4n) is 4.57. The van der Waals surface area contributed by atoms with E-state index >= 15 is 0 Å². The van der Waals surface area contributed by atoms with Crippen LogP contribution in [0.5, 0.6) is 0 Å². The van der Waals surface area contributed by atoms with Crippen LogP contribution in [0.25, 0.3) is 0 Å². The molecule has 2 saturated heterocycles. The van der Waals surface area contributed by atoms with Gasteiger partial charge in [0.1, 0.15) is 11.9 Å². The summed E-state index contributed by atoms with van der Waals surface area (Å²) in [5.41, 5.74) is -3.03. The second-order valence-corrected chi connectivity index (χ2v) is 7.29. The van der Waals surface area contributed by atoms with Gasteiger partial charge in [0.2, 0.25) is 17.1 Å². The fourth-order valence-corrected chi connectivity index (χ4v) is 4.57. The van der Waals surface area contributed by atoms with Gasteiger partial charge in [-0.05, 0) is 23.3 Å². The number of hydrogen-bond acceptors (Lipinski definition) is 6. The zero-order valence-electron chi connectivity index (χ0n) is 15.4. The molecular formula is C22H15FN4O2. The molecule has 2 aliphatic heterocycles. The van der Waals surface area contributed by atoms with Crippen molar-refractivity contribution in [2.75, 3.05) is 0 Å². The summed E-state index contributed by atoms with van der Waals surface area (Å²) in [7, 11) is 0. The highest BCUT2D eigenvalue weighted by Crippen LogP contribution is 2.69. The summed E-state index contributed by atoms with van der Waals surface area (Å²) >= 11 is 0. The lowest BCUT2D eigenvalue weighted by Gasteiger charge is -2.48. The van der Waals surface area contributed by atoms with E-state index in [9.17, 15) is 20.2 Å². The minimum Gasteiger partial charge on any atom is -0.447 e. The van der Waals surface area contributed by atoms with Crippen LogP contribution in [-0.2, 0) is 9.47 Å². The number of nitrogens with one attached hydrogen (secondary N) is 1. The molecule has 0 aliphatic carbocycles. The highest BCUT2D eigenvalue weighted by Gasteiger charge is 2.79. The van der Waals surface area contributed by atoms with Crippen LogP contribution in [0, 0.1) is 56.0 Å². The van der Waals surface area contributed by atoms with E-state index in [1.807, 2.05) is 12.1 Å². The Bertz CT molecular complexity index is 1100. The normalized spacial score (nSPS) is 31.8. The molecule has 0 saturated carbocycles. The van der Waals surface area contributed by atoms with Crippen molar-refractivity contribution >= 4 is 5.90 Å². The summed E-state index contributed by atoms with van der Waals surface area (Å²) in [6, 6.07) is 20.1. The first-order chi connectivity index (χ1) is 13.9. The Morgan fingerprint density at radius 2 is 1.55 bits per heavy atom. The number of hydrogen-bond donors (Lipinski definition) is 1. The number of ether oxygens (including phenoxy) is 2. The maximum atomic E-state index is 13.5. The quantitative estimate of drug-likeness (QED) is 0.839. The maximum Gasteiger partial charge on any atom is 0.218 e. The second kappa shape index (κ2) is 6.14. The summed E-state index contributed by atoms with van der Waals surface area (Å²) in [6.07, 6.45) is -1.22. The number of halogens is 1. The van der Waals surface area contributed by atoms with Crippen LogP contribution in [0.1, 0.15) is 30.1 Å². The highest BCUT2D eigenvalue weighted by atomic mass is 19.1. The molecule has 0 amide bonds. The lowest BCUT2D eigenvalue weighted by molar-refractivity contribution is -0.253. The van der Waals surface area contributed by atoms with Crippen molar-refractivity contribution in [2.45, 2.75) is 24.7 Å². The summed E-state index contributed by atoms with van der Waals surface area (Å²) in [5, 5.41) is 39.2. The molecule has 142 valence electrons. The van der Waals surface area contributed by atoms with Gasteiger partial charge < -0.3 is 9.47 Å². The molecule has 1 N–H and O–H groups in total. The molecule has 4 atom stereocenters. The molecule has 0 spiro atoms. The first-order valence-corrected chi connectivity index (χ1v) is 8.88. The smallest absolute Gasteiger partial charge is 0.218 e. The van der Waals surface area contributed by atoms with E-state index in [2.05, 4.69) is 6.07 Å². The Kier molecular flexibility index (Phi) is 3.94. The minimum atomic E-state index is -2.09. The molecule has 2 aromatic rings. The van der Waals surface area contributed by atoms with Crippen LogP contribution in [0.4, 0.5) is 4.39 Å². The number of benzene rings is 2. The molecule has 4 unspecified atom stereocenters. The molecule has 2 heterocycles. The number of fused-ring (bicyclic) bond motifs is 2. The van der Waals surface area contributed by atoms with Crippen LogP contribution >= 0.6 is 0 Å². The third-order valence-corrected chi connectivity index (χ3v) is 5.82. The van der Waals surface area contributed by atoms with Crippen LogP contribution in [0.2, 0.25) is 0 Å². The van der Waals surface area contributed by atoms with E-state index in [0.717, 1.165) is 0 Å². The van der Waals surface area contributed by atoms with Gasteiger partial charge in [0.25, 0.3) is 0 Å². The second-order valence-electron chi connectivity index (χ2n) is 7.29. The maximum absolute atomic E-state index is 13.5. The van der Waals surface area contributed by atoms with E-state index in [1.165, 1.54) is 24.3 Å². The Morgan fingerprint density at radius 1 is 0.931 bits per heavy atom. The van der Waals surface area contributed by atoms with Crippen molar-refractivity contribution in [3.63, 3.8) is 0 Å². The van der Waals surface area contributed by atoms with Crippen molar-refractivity contribution in [3.8, 4) is 18.2 Å². The van der Waals surface area contributed by atoms with Gasteiger partial charge in [0, 0.05) is 6.92 Å². The van der Waals surface area contributed by atoms with Crippen molar-refractivity contribution in [1.82, 2.24) is 0 Å². The summed E-state index contributed by atoms with van der Waals surface area (Å²) in [5.74, 6) is -3.32. The van der Waals surface area contributed by atoms with Crippen molar-refractivity contribution < 1.29 is 13.9 Å². The molecule has 2 fully saturated rings. The molecule has 6 nitrogen and oxygen atoms in total. The summed E-state index contributed by atoms with van der Waals surface area (Å²) in [6.45, 7) is 1.59. The standard InChI is InChI=1S/C22H15FN4O2/c1-20-17(14-5-3-2-4-6-14)22(13-26,19(27)29-20)21(11-24,12-25)18(28-20)15-7-9-16(23)10-8-15/h2-10,17-18,27H,1H3. The first-order valence-electron chi connectivity index (χ1n) is 8.88. The first kappa shape index (κ1) is 18.6. The zero-order valence-corrected chi connectivity index (χ0v) is 15.4. The van der Waals surface area contributed by atoms with Gasteiger partial charge in [-0.2, -0.15) is 15.8 Å². The molecule has 0 aromatic heterocycles. The topological polar surface area (TPSA) is 114 Å². The van der Waals surface area contributed by atoms with E-state index in [4.69, 9.17) is 14.9 Å². The Balaban J connectivity index is 2.03. The van der Waals surface area contributed by atoms with Gasteiger partial charge in [-0.15, -0.1) is 0 Å². The Morgan fingerprint density at radius 3 is 2.10 bits per heavy atom. The van der Waals surface area contributed by atoms with Gasteiger partial charge in [0.05, 0.1) is 24.1 Å².